The van der Waals surface area contributed by atoms with Crippen LogP contribution in [0.2, 0.25) is 5.02 Å². The molecule has 0 radical (unpaired) electrons. The van der Waals surface area contributed by atoms with Crippen LogP contribution < -0.4 is 10.1 Å². The number of benzene rings is 2. The van der Waals surface area contributed by atoms with Gasteiger partial charge in [-0.25, -0.2) is 4.39 Å². The van der Waals surface area contributed by atoms with Gasteiger partial charge in [-0.2, -0.15) is 0 Å². The third-order valence-electron chi connectivity index (χ3n) is 3.32. The van der Waals surface area contributed by atoms with Gasteiger partial charge in [-0.15, -0.1) is 0 Å². The number of hydrogen-bond donors (Lipinski definition) is 1. The number of nitrogens with one attached hydrogen (secondary N) is 1. The lowest BCUT2D eigenvalue weighted by Crippen LogP contribution is -2.19. The van der Waals surface area contributed by atoms with Crippen LogP contribution in [0.3, 0.4) is 0 Å². The molecule has 2 nitrogen and oxygen atoms in total. The van der Waals surface area contributed by atoms with E-state index in [1.54, 1.807) is 18.2 Å². The van der Waals surface area contributed by atoms with Gasteiger partial charge in [-0.1, -0.05) is 41.9 Å². The van der Waals surface area contributed by atoms with Gasteiger partial charge in [0.2, 0.25) is 0 Å². The van der Waals surface area contributed by atoms with Crippen LogP contribution in [0, 0.1) is 5.82 Å². The van der Waals surface area contributed by atoms with Crippen LogP contribution in [0.5, 0.6) is 5.75 Å². The molecular weight excluding hydrogens is 277 g/mol. The molecule has 2 rings (SSSR count). The topological polar surface area (TPSA) is 21.3 Å². The zero-order valence-electron chi connectivity index (χ0n) is 11.5. The SMILES string of the molecule is CNC(Cc1cccc(OC)c1F)c1ccccc1Cl. The van der Waals surface area contributed by atoms with E-state index in [1.165, 1.54) is 7.11 Å². The maximum absolute atomic E-state index is 14.2. The molecule has 20 heavy (non-hydrogen) atoms. The summed E-state index contributed by atoms with van der Waals surface area (Å²) in [7, 11) is 3.30. The van der Waals surface area contributed by atoms with Crippen molar-refractivity contribution in [2.45, 2.75) is 12.5 Å². The molecule has 0 aromatic heterocycles. The van der Waals surface area contributed by atoms with Gasteiger partial charge in [0.15, 0.2) is 11.6 Å². The van der Waals surface area contributed by atoms with E-state index >= 15 is 0 Å². The van der Waals surface area contributed by atoms with Crippen LogP contribution in [-0.4, -0.2) is 14.2 Å². The largest absolute Gasteiger partial charge is 0.494 e. The minimum Gasteiger partial charge on any atom is -0.494 e. The first-order valence-electron chi connectivity index (χ1n) is 6.40. The number of likely N-dealkylation sites (N-methyl/N-ethyl adjacent to an activating group) is 1. The number of halogens is 2. The lowest BCUT2D eigenvalue weighted by Gasteiger charge is -2.19. The Morgan fingerprint density at radius 3 is 2.60 bits per heavy atom. The second-order valence-electron chi connectivity index (χ2n) is 4.50. The van der Waals surface area contributed by atoms with E-state index in [-0.39, 0.29) is 17.6 Å². The van der Waals surface area contributed by atoms with Crippen LogP contribution in [0.25, 0.3) is 0 Å². The predicted molar refractivity (Wildman–Crippen MR) is 79.9 cm³/mol. The molecule has 0 saturated carbocycles. The average Bonchev–Trinajstić information content (AvgIpc) is 2.47. The molecule has 0 aliphatic carbocycles. The van der Waals surface area contributed by atoms with Gasteiger partial charge in [0.05, 0.1) is 7.11 Å². The normalized spacial score (nSPS) is 12.2. The monoisotopic (exact) mass is 293 g/mol. The number of ether oxygens (including phenoxy) is 1. The highest BCUT2D eigenvalue weighted by molar-refractivity contribution is 6.31. The average molecular weight is 294 g/mol. The van der Waals surface area contributed by atoms with Crippen LogP contribution in [-0.2, 0) is 6.42 Å². The van der Waals surface area contributed by atoms with Gasteiger partial charge in [-0.05, 0) is 36.7 Å². The van der Waals surface area contributed by atoms with Crippen molar-refractivity contribution >= 4 is 11.6 Å². The summed E-state index contributed by atoms with van der Waals surface area (Å²) in [5.74, 6) is -0.0567. The number of rotatable bonds is 5. The Balaban J connectivity index is 2.30. The smallest absolute Gasteiger partial charge is 0.168 e. The van der Waals surface area contributed by atoms with Crippen molar-refractivity contribution in [3.8, 4) is 5.75 Å². The first kappa shape index (κ1) is 14.8. The van der Waals surface area contributed by atoms with Gasteiger partial charge >= 0.3 is 0 Å². The van der Waals surface area contributed by atoms with E-state index in [2.05, 4.69) is 5.32 Å². The van der Waals surface area contributed by atoms with E-state index in [0.717, 1.165) is 5.56 Å². The zero-order chi connectivity index (χ0) is 14.5. The molecule has 1 atom stereocenters. The molecule has 0 spiro atoms. The van der Waals surface area contributed by atoms with Gasteiger partial charge in [0.1, 0.15) is 0 Å². The second kappa shape index (κ2) is 6.73. The molecule has 0 aliphatic heterocycles. The van der Waals surface area contributed by atoms with Crippen LogP contribution in [0.15, 0.2) is 42.5 Å². The molecule has 0 fully saturated rings. The van der Waals surface area contributed by atoms with E-state index in [4.69, 9.17) is 16.3 Å². The summed E-state index contributed by atoms with van der Waals surface area (Å²) in [4.78, 5) is 0. The van der Waals surface area contributed by atoms with Crippen LogP contribution >= 0.6 is 11.6 Å². The Hall–Kier alpha value is -1.58. The molecule has 1 unspecified atom stereocenters. The van der Waals surface area contributed by atoms with E-state index in [1.807, 2.05) is 31.3 Å². The van der Waals surface area contributed by atoms with Crippen molar-refractivity contribution in [3.05, 3.63) is 64.4 Å². The highest BCUT2D eigenvalue weighted by atomic mass is 35.5. The maximum atomic E-state index is 14.2. The molecule has 4 heteroatoms. The molecule has 0 aliphatic rings. The summed E-state index contributed by atoms with van der Waals surface area (Å²) in [6.45, 7) is 0. The molecule has 0 saturated heterocycles. The van der Waals surface area contributed by atoms with Crippen molar-refractivity contribution in [2.75, 3.05) is 14.2 Å². The van der Waals surface area contributed by atoms with Gasteiger partial charge in [0, 0.05) is 11.1 Å². The molecule has 106 valence electrons. The van der Waals surface area contributed by atoms with Crippen molar-refractivity contribution in [1.82, 2.24) is 5.32 Å². The minimum atomic E-state index is -0.317. The van der Waals surface area contributed by atoms with E-state index < -0.39 is 0 Å². The van der Waals surface area contributed by atoms with Crippen molar-refractivity contribution in [3.63, 3.8) is 0 Å². The Bertz CT molecular complexity index is 588. The molecular formula is C16H17ClFNO. The summed E-state index contributed by atoms with van der Waals surface area (Å²) < 4.78 is 19.2. The highest BCUT2D eigenvalue weighted by Crippen LogP contribution is 2.28. The first-order valence-corrected chi connectivity index (χ1v) is 6.78. The van der Waals surface area contributed by atoms with Gasteiger partial charge in [-0.3, -0.25) is 0 Å². The lowest BCUT2D eigenvalue weighted by atomic mass is 9.98. The molecule has 2 aromatic carbocycles. The Kier molecular flexibility index (Phi) is 4.99. The molecule has 2 aromatic rings. The molecule has 0 bridgehead atoms. The summed E-state index contributed by atoms with van der Waals surface area (Å²) in [6, 6.07) is 12.7. The Labute approximate surface area is 123 Å². The number of hydrogen-bond acceptors (Lipinski definition) is 2. The number of methoxy groups -OCH3 is 1. The van der Waals surface area contributed by atoms with Gasteiger partial charge < -0.3 is 10.1 Å². The van der Waals surface area contributed by atoms with Crippen molar-refractivity contribution < 1.29 is 9.13 Å². The third-order valence-corrected chi connectivity index (χ3v) is 3.66. The molecule has 1 N–H and O–H groups in total. The van der Waals surface area contributed by atoms with E-state index in [0.29, 0.717) is 17.0 Å². The van der Waals surface area contributed by atoms with Gasteiger partial charge in [0.25, 0.3) is 0 Å². The highest BCUT2D eigenvalue weighted by Gasteiger charge is 2.17. The fourth-order valence-corrected chi connectivity index (χ4v) is 2.48. The fraction of sp³-hybridized carbons (Fsp3) is 0.250. The Morgan fingerprint density at radius 2 is 1.95 bits per heavy atom. The summed E-state index contributed by atoms with van der Waals surface area (Å²) in [5.41, 5.74) is 1.56. The second-order valence-corrected chi connectivity index (χ2v) is 4.91. The zero-order valence-corrected chi connectivity index (χ0v) is 12.2. The quantitative estimate of drug-likeness (QED) is 0.900. The lowest BCUT2D eigenvalue weighted by molar-refractivity contribution is 0.383. The maximum Gasteiger partial charge on any atom is 0.168 e. The Morgan fingerprint density at radius 1 is 1.20 bits per heavy atom. The summed E-state index contributed by atoms with van der Waals surface area (Å²) >= 11 is 6.20. The summed E-state index contributed by atoms with van der Waals surface area (Å²) in [6.07, 6.45) is 0.503. The fourth-order valence-electron chi connectivity index (χ4n) is 2.22. The standard InChI is InChI=1S/C16H17ClFNO/c1-19-14(12-7-3-4-8-13(12)17)10-11-6-5-9-15(20-2)16(11)18/h3-9,14,19H,10H2,1-2H3. The summed E-state index contributed by atoms with van der Waals surface area (Å²) in [5, 5.41) is 3.86. The third kappa shape index (κ3) is 3.11. The molecule has 0 amide bonds. The van der Waals surface area contributed by atoms with Crippen LogP contribution in [0.1, 0.15) is 17.2 Å². The predicted octanol–water partition coefficient (Wildman–Crippen LogP) is 3.99. The first-order chi connectivity index (χ1) is 9.67. The van der Waals surface area contributed by atoms with Crippen molar-refractivity contribution in [2.24, 2.45) is 0 Å². The van der Waals surface area contributed by atoms with Crippen molar-refractivity contribution in [1.29, 1.82) is 0 Å². The van der Waals surface area contributed by atoms with Crippen LogP contribution in [0.4, 0.5) is 4.39 Å². The molecule has 0 heterocycles. The van der Waals surface area contributed by atoms with E-state index in [9.17, 15) is 4.39 Å². The minimum absolute atomic E-state index is 0.0506.